The lowest BCUT2D eigenvalue weighted by Crippen LogP contribution is -2.23. The molecule has 3 rings (SSSR count). The molecular formula is C19H17N3O5. The third-order valence-corrected chi connectivity index (χ3v) is 3.94. The maximum absolute atomic E-state index is 13.1. The summed E-state index contributed by atoms with van der Waals surface area (Å²) in [6.45, 7) is 3.37. The van der Waals surface area contributed by atoms with Crippen molar-refractivity contribution >= 4 is 17.8 Å². The second-order valence-electron chi connectivity index (χ2n) is 5.70. The highest BCUT2D eigenvalue weighted by molar-refractivity contribution is 6.14. The Labute approximate surface area is 154 Å². The molecule has 0 unspecified atom stereocenters. The Bertz CT molecular complexity index is 1020. The van der Waals surface area contributed by atoms with Crippen molar-refractivity contribution in [2.24, 2.45) is 5.73 Å². The van der Waals surface area contributed by atoms with E-state index in [9.17, 15) is 14.4 Å². The van der Waals surface area contributed by atoms with Crippen molar-refractivity contribution < 1.29 is 23.6 Å². The number of rotatable bonds is 5. The summed E-state index contributed by atoms with van der Waals surface area (Å²) < 4.78 is 11.0. The lowest BCUT2D eigenvalue weighted by Gasteiger charge is -2.03. The molecule has 2 N–H and O–H groups in total. The zero-order valence-corrected chi connectivity index (χ0v) is 14.8. The van der Waals surface area contributed by atoms with E-state index in [1.165, 1.54) is 12.3 Å². The van der Waals surface area contributed by atoms with Crippen LogP contribution in [0.5, 0.6) is 0 Å². The normalized spacial score (nSPS) is 10.6. The summed E-state index contributed by atoms with van der Waals surface area (Å²) in [4.78, 5) is 36.8. The first kappa shape index (κ1) is 18.1. The van der Waals surface area contributed by atoms with Crippen LogP contribution in [0.3, 0.4) is 0 Å². The van der Waals surface area contributed by atoms with Gasteiger partial charge in [0.1, 0.15) is 17.1 Å². The van der Waals surface area contributed by atoms with E-state index in [0.717, 1.165) is 4.57 Å². The zero-order valence-electron chi connectivity index (χ0n) is 14.8. The molecule has 2 heterocycles. The fourth-order valence-corrected chi connectivity index (χ4v) is 2.71. The van der Waals surface area contributed by atoms with Crippen LogP contribution >= 0.6 is 0 Å². The van der Waals surface area contributed by atoms with Crippen molar-refractivity contribution in [3.8, 4) is 11.3 Å². The van der Waals surface area contributed by atoms with Gasteiger partial charge < -0.3 is 15.0 Å². The Kier molecular flexibility index (Phi) is 4.89. The molecule has 0 atom stereocenters. The van der Waals surface area contributed by atoms with Crippen molar-refractivity contribution in [3.63, 3.8) is 0 Å². The van der Waals surface area contributed by atoms with Crippen LogP contribution < -0.4 is 5.73 Å². The number of hydrogen-bond donors (Lipinski definition) is 1. The Hall–Kier alpha value is -3.68. The summed E-state index contributed by atoms with van der Waals surface area (Å²) in [5, 5.41) is 3.98. The fraction of sp³-hybridized carbons (Fsp3) is 0.158. The van der Waals surface area contributed by atoms with Crippen molar-refractivity contribution in [2.75, 3.05) is 6.61 Å². The number of ether oxygens (including phenoxy) is 1. The second-order valence-corrected chi connectivity index (χ2v) is 5.70. The largest absolute Gasteiger partial charge is 0.461 e. The number of nitrogens with zero attached hydrogens (tertiary/aromatic N) is 2. The number of carbonyl (C=O) groups excluding carboxylic acids is 3. The third-order valence-electron chi connectivity index (χ3n) is 3.94. The van der Waals surface area contributed by atoms with Gasteiger partial charge >= 0.3 is 12.0 Å². The van der Waals surface area contributed by atoms with Gasteiger partial charge in [-0.1, -0.05) is 35.5 Å². The van der Waals surface area contributed by atoms with Crippen molar-refractivity contribution in [2.45, 2.75) is 13.8 Å². The number of primary amides is 1. The number of aromatic nitrogens is 2. The second kappa shape index (κ2) is 7.28. The summed E-state index contributed by atoms with van der Waals surface area (Å²) in [6.07, 6.45) is 1.21. The third kappa shape index (κ3) is 3.37. The maximum atomic E-state index is 13.1. The number of benzene rings is 1. The molecule has 3 aromatic rings. The monoisotopic (exact) mass is 367 g/mol. The first-order valence-corrected chi connectivity index (χ1v) is 8.19. The Morgan fingerprint density at radius 2 is 1.93 bits per heavy atom. The molecule has 1 amide bonds. The van der Waals surface area contributed by atoms with Crippen LogP contribution in [-0.2, 0) is 4.74 Å². The molecule has 0 aliphatic carbocycles. The molecule has 138 valence electrons. The minimum Gasteiger partial charge on any atom is -0.461 e. The highest BCUT2D eigenvalue weighted by Gasteiger charge is 2.27. The van der Waals surface area contributed by atoms with E-state index in [2.05, 4.69) is 5.16 Å². The average Bonchev–Trinajstić information content (AvgIpc) is 3.26. The molecule has 0 aliphatic rings. The minimum atomic E-state index is -0.901. The molecule has 0 radical (unpaired) electrons. The van der Waals surface area contributed by atoms with Crippen LogP contribution in [-0.4, -0.2) is 34.1 Å². The molecule has 1 aromatic carbocycles. The molecule has 0 saturated heterocycles. The fourth-order valence-electron chi connectivity index (χ4n) is 2.71. The predicted octanol–water partition coefficient (Wildman–Crippen LogP) is 2.79. The number of hydrogen-bond acceptors (Lipinski definition) is 6. The number of amides is 1. The van der Waals surface area contributed by atoms with Crippen LogP contribution in [0.25, 0.3) is 11.3 Å². The maximum Gasteiger partial charge on any atom is 0.355 e. The van der Waals surface area contributed by atoms with Crippen LogP contribution in [0, 0.1) is 6.92 Å². The summed E-state index contributed by atoms with van der Waals surface area (Å²) in [5.74, 6) is -0.873. The quantitative estimate of drug-likeness (QED) is 0.547. The zero-order chi connectivity index (χ0) is 19.6. The summed E-state index contributed by atoms with van der Waals surface area (Å²) >= 11 is 0. The number of esters is 1. The molecule has 27 heavy (non-hydrogen) atoms. The van der Waals surface area contributed by atoms with E-state index in [1.54, 1.807) is 26.0 Å². The van der Waals surface area contributed by atoms with Gasteiger partial charge in [-0.05, 0) is 19.9 Å². The van der Waals surface area contributed by atoms with Crippen LogP contribution in [0.15, 0.2) is 47.1 Å². The molecule has 8 nitrogen and oxygen atoms in total. The molecule has 0 bridgehead atoms. The van der Waals surface area contributed by atoms with Gasteiger partial charge in [-0.3, -0.25) is 9.36 Å². The number of ketones is 1. The van der Waals surface area contributed by atoms with E-state index < -0.39 is 17.8 Å². The van der Waals surface area contributed by atoms with Gasteiger partial charge in [0, 0.05) is 17.3 Å². The standard InChI is InChI=1S/C19H17N3O5/c1-3-26-18(24)14-9-13(10-22(14)19(20)25)17(23)15-11(2)27-21-16(15)12-7-5-4-6-8-12/h4-10H,3H2,1-2H3,(H2,20,25). The average molecular weight is 367 g/mol. The molecule has 0 fully saturated rings. The van der Waals surface area contributed by atoms with E-state index in [0.29, 0.717) is 17.0 Å². The molecular weight excluding hydrogens is 350 g/mol. The topological polar surface area (TPSA) is 117 Å². The van der Waals surface area contributed by atoms with E-state index in [4.69, 9.17) is 15.0 Å². The van der Waals surface area contributed by atoms with Gasteiger partial charge in [0.05, 0.1) is 12.2 Å². The molecule has 0 saturated carbocycles. The number of carbonyl (C=O) groups is 3. The molecule has 0 aliphatic heterocycles. The number of nitrogens with two attached hydrogens (primary N) is 1. The van der Waals surface area contributed by atoms with E-state index in [1.807, 2.05) is 18.2 Å². The lowest BCUT2D eigenvalue weighted by molar-refractivity contribution is 0.0516. The molecule has 2 aromatic heterocycles. The van der Waals surface area contributed by atoms with Gasteiger partial charge in [-0.2, -0.15) is 0 Å². The van der Waals surface area contributed by atoms with Crippen LogP contribution in [0.2, 0.25) is 0 Å². The van der Waals surface area contributed by atoms with E-state index >= 15 is 0 Å². The SMILES string of the molecule is CCOC(=O)c1cc(C(=O)c2c(-c3ccccc3)noc2C)cn1C(N)=O. The first-order valence-electron chi connectivity index (χ1n) is 8.19. The Morgan fingerprint density at radius 3 is 2.56 bits per heavy atom. The minimum absolute atomic E-state index is 0.0975. The van der Waals surface area contributed by atoms with Gasteiger partial charge in [0.25, 0.3) is 0 Å². The Morgan fingerprint density at radius 1 is 1.22 bits per heavy atom. The summed E-state index contributed by atoms with van der Waals surface area (Å²) in [6, 6.07) is 9.44. The van der Waals surface area contributed by atoms with Gasteiger partial charge in [0.15, 0.2) is 5.78 Å². The first-order chi connectivity index (χ1) is 12.9. The summed E-state index contributed by atoms with van der Waals surface area (Å²) in [7, 11) is 0. The highest BCUT2D eigenvalue weighted by Crippen LogP contribution is 2.28. The van der Waals surface area contributed by atoms with E-state index in [-0.39, 0.29) is 23.4 Å². The van der Waals surface area contributed by atoms with Gasteiger partial charge in [-0.25, -0.2) is 9.59 Å². The van der Waals surface area contributed by atoms with Gasteiger partial charge in [0.2, 0.25) is 0 Å². The van der Waals surface area contributed by atoms with Crippen LogP contribution in [0.4, 0.5) is 4.79 Å². The predicted molar refractivity (Wildman–Crippen MR) is 95.5 cm³/mol. The molecule has 0 spiro atoms. The van der Waals surface area contributed by atoms with Crippen molar-refractivity contribution in [1.82, 2.24) is 9.72 Å². The molecule has 8 heteroatoms. The highest BCUT2D eigenvalue weighted by atomic mass is 16.5. The lowest BCUT2D eigenvalue weighted by atomic mass is 10.00. The van der Waals surface area contributed by atoms with Crippen molar-refractivity contribution in [1.29, 1.82) is 0 Å². The van der Waals surface area contributed by atoms with Crippen LogP contribution in [0.1, 0.15) is 39.1 Å². The number of aryl methyl sites for hydroxylation is 1. The smallest absolute Gasteiger partial charge is 0.355 e. The van der Waals surface area contributed by atoms with Crippen molar-refractivity contribution in [3.05, 3.63) is 65.2 Å². The van der Waals surface area contributed by atoms with Gasteiger partial charge in [-0.15, -0.1) is 0 Å². The summed E-state index contributed by atoms with van der Waals surface area (Å²) in [5.41, 5.74) is 6.61. The Balaban J connectivity index is 2.08.